The molecular weight excluding hydrogens is 90.1 g/mol. The molecule has 0 saturated heterocycles. The molecule has 0 radical (unpaired) electrons. The van der Waals surface area contributed by atoms with Gasteiger partial charge < -0.3 is 5.21 Å². The first kappa shape index (κ1) is 6.21. The van der Waals surface area contributed by atoms with Gasteiger partial charge in [-0.2, -0.15) is 0 Å². The zero-order valence-corrected chi connectivity index (χ0v) is 4.39. The Balaban J connectivity index is 3.60. The Labute approximate surface area is 43.2 Å². The molecule has 0 aliphatic rings. The van der Waals surface area contributed by atoms with Crippen molar-refractivity contribution in [3.8, 4) is 0 Å². The monoisotopic (exact) mass is 99.1 g/mol. The van der Waals surface area contributed by atoms with Gasteiger partial charge in [0.2, 0.25) is 0 Å². The van der Waals surface area contributed by atoms with E-state index in [1.54, 1.807) is 0 Å². The van der Waals surface area contributed by atoms with Crippen LogP contribution < -0.4 is 0 Å². The lowest BCUT2D eigenvalue weighted by Gasteiger charge is -1.84. The maximum atomic E-state index is 8.04. The molecule has 1 N–H and O–H groups in total. The summed E-state index contributed by atoms with van der Waals surface area (Å²) in [6.07, 6.45) is 2.26. The summed E-state index contributed by atoms with van der Waals surface area (Å²) in [6.45, 7) is 5.31. The van der Waals surface area contributed by atoms with Crippen LogP contribution in [0.15, 0.2) is 17.8 Å². The molecule has 0 bridgehead atoms. The highest BCUT2D eigenvalue weighted by molar-refractivity contribution is 5.93. The van der Waals surface area contributed by atoms with E-state index in [0.717, 1.165) is 6.42 Å². The largest absolute Gasteiger partial charge is 0.411 e. The first-order chi connectivity index (χ1) is 3.35. The van der Waals surface area contributed by atoms with E-state index in [1.165, 1.54) is 6.08 Å². The fourth-order valence-electron chi connectivity index (χ4n) is 0.256. The summed E-state index contributed by atoms with van der Waals surface area (Å²) in [5, 5.41) is 11.0. The predicted octanol–water partition coefficient (Wildman–Crippen LogP) is 1.41. The minimum Gasteiger partial charge on any atom is -0.411 e. The Bertz CT molecular complexity index is 86.1. The van der Waals surface area contributed by atoms with Gasteiger partial charge in [0, 0.05) is 0 Å². The van der Waals surface area contributed by atoms with Crippen molar-refractivity contribution in [2.24, 2.45) is 5.16 Å². The molecule has 0 rings (SSSR count). The summed E-state index contributed by atoms with van der Waals surface area (Å²) < 4.78 is 0. The average molecular weight is 99.1 g/mol. The van der Waals surface area contributed by atoms with E-state index >= 15 is 0 Å². The van der Waals surface area contributed by atoms with Crippen LogP contribution in [0, 0.1) is 0 Å². The number of allylic oxidation sites excluding steroid dienone is 1. The molecule has 0 aromatic heterocycles. The van der Waals surface area contributed by atoms with Gasteiger partial charge in [-0.1, -0.05) is 18.7 Å². The third kappa shape index (κ3) is 1.98. The van der Waals surface area contributed by atoms with E-state index in [-0.39, 0.29) is 0 Å². The van der Waals surface area contributed by atoms with E-state index in [9.17, 15) is 0 Å². The van der Waals surface area contributed by atoms with Crippen molar-refractivity contribution in [1.29, 1.82) is 0 Å². The van der Waals surface area contributed by atoms with Crippen molar-refractivity contribution >= 4 is 5.71 Å². The van der Waals surface area contributed by atoms with Crippen LogP contribution >= 0.6 is 0 Å². The Morgan fingerprint density at radius 1 is 2.00 bits per heavy atom. The smallest absolute Gasteiger partial charge is 0.0787 e. The summed E-state index contributed by atoms with van der Waals surface area (Å²) in [5.41, 5.74) is 0.625. The van der Waals surface area contributed by atoms with Crippen molar-refractivity contribution in [3.63, 3.8) is 0 Å². The van der Waals surface area contributed by atoms with Crippen LogP contribution in [0.3, 0.4) is 0 Å². The van der Waals surface area contributed by atoms with Crippen molar-refractivity contribution in [2.45, 2.75) is 13.3 Å². The second-order valence-corrected chi connectivity index (χ2v) is 1.15. The summed E-state index contributed by atoms with van der Waals surface area (Å²) >= 11 is 0. The van der Waals surface area contributed by atoms with Gasteiger partial charge in [-0.05, 0) is 12.5 Å². The van der Waals surface area contributed by atoms with Crippen LogP contribution in [-0.2, 0) is 0 Å². The Kier molecular flexibility index (Phi) is 3.02. The van der Waals surface area contributed by atoms with Crippen LogP contribution in [0.5, 0.6) is 0 Å². The third-order valence-corrected chi connectivity index (χ3v) is 0.726. The molecule has 0 spiro atoms. The van der Waals surface area contributed by atoms with Gasteiger partial charge in [0.1, 0.15) is 0 Å². The van der Waals surface area contributed by atoms with E-state index in [0.29, 0.717) is 5.71 Å². The van der Waals surface area contributed by atoms with E-state index in [1.807, 2.05) is 6.92 Å². The highest BCUT2D eigenvalue weighted by atomic mass is 16.4. The first-order valence-corrected chi connectivity index (χ1v) is 2.18. The number of hydrogen-bond donors (Lipinski definition) is 1. The molecule has 0 heterocycles. The zero-order chi connectivity index (χ0) is 5.70. The molecule has 0 aliphatic heterocycles. The molecule has 2 nitrogen and oxygen atoms in total. The second-order valence-electron chi connectivity index (χ2n) is 1.15. The van der Waals surface area contributed by atoms with Gasteiger partial charge in [-0.15, -0.1) is 0 Å². The standard InChI is InChI=1S/C5H9NO/c1-3-5(4-2)6-7/h3,7H,1,4H2,2H3/b6-5+. The van der Waals surface area contributed by atoms with Crippen molar-refractivity contribution < 1.29 is 5.21 Å². The van der Waals surface area contributed by atoms with Gasteiger partial charge in [0.25, 0.3) is 0 Å². The van der Waals surface area contributed by atoms with Crippen molar-refractivity contribution in [1.82, 2.24) is 0 Å². The molecule has 0 saturated carbocycles. The minimum atomic E-state index is 0.625. The fourth-order valence-corrected chi connectivity index (χ4v) is 0.256. The van der Waals surface area contributed by atoms with Gasteiger partial charge in [0.05, 0.1) is 5.71 Å². The molecule has 0 aromatic rings. The zero-order valence-electron chi connectivity index (χ0n) is 4.39. The molecule has 0 amide bonds. The van der Waals surface area contributed by atoms with E-state index < -0.39 is 0 Å². The molecule has 0 aromatic carbocycles. The molecule has 0 aliphatic carbocycles. The summed E-state index contributed by atoms with van der Waals surface area (Å²) in [6, 6.07) is 0. The van der Waals surface area contributed by atoms with E-state index in [2.05, 4.69) is 11.7 Å². The predicted molar refractivity (Wildman–Crippen MR) is 29.7 cm³/mol. The first-order valence-electron chi connectivity index (χ1n) is 2.18. The average Bonchev–Trinajstić information content (AvgIpc) is 1.72. The lowest BCUT2D eigenvalue weighted by Crippen LogP contribution is -1.86. The Morgan fingerprint density at radius 3 is 2.57 bits per heavy atom. The van der Waals surface area contributed by atoms with Crippen LogP contribution in [0.1, 0.15) is 13.3 Å². The van der Waals surface area contributed by atoms with Gasteiger partial charge in [0.15, 0.2) is 0 Å². The second kappa shape index (κ2) is 3.40. The maximum Gasteiger partial charge on any atom is 0.0787 e. The normalized spacial score (nSPS) is 11.3. The van der Waals surface area contributed by atoms with Crippen molar-refractivity contribution in [2.75, 3.05) is 0 Å². The summed E-state index contributed by atoms with van der Waals surface area (Å²) in [7, 11) is 0. The summed E-state index contributed by atoms with van der Waals surface area (Å²) in [5.74, 6) is 0. The Morgan fingerprint density at radius 2 is 2.57 bits per heavy atom. The van der Waals surface area contributed by atoms with Crippen LogP contribution in [0.2, 0.25) is 0 Å². The third-order valence-electron chi connectivity index (χ3n) is 0.726. The van der Waals surface area contributed by atoms with E-state index in [4.69, 9.17) is 5.21 Å². The van der Waals surface area contributed by atoms with Gasteiger partial charge in [-0.25, -0.2) is 0 Å². The highest BCUT2D eigenvalue weighted by Gasteiger charge is 1.82. The molecule has 2 heteroatoms. The van der Waals surface area contributed by atoms with Gasteiger partial charge in [-0.3, -0.25) is 0 Å². The molecule has 0 atom stereocenters. The minimum absolute atomic E-state index is 0.625. The maximum absolute atomic E-state index is 8.04. The SMILES string of the molecule is C=C/C(CC)=N\O. The Hall–Kier alpha value is -0.790. The molecule has 40 valence electrons. The quantitative estimate of drug-likeness (QED) is 0.317. The molecule has 7 heavy (non-hydrogen) atoms. The highest BCUT2D eigenvalue weighted by Crippen LogP contribution is 1.82. The lowest BCUT2D eigenvalue weighted by molar-refractivity contribution is 0.318. The number of rotatable bonds is 2. The number of hydrogen-bond acceptors (Lipinski definition) is 2. The van der Waals surface area contributed by atoms with Crippen molar-refractivity contribution in [3.05, 3.63) is 12.7 Å². The number of nitrogens with zero attached hydrogens (tertiary/aromatic N) is 1. The van der Waals surface area contributed by atoms with Crippen LogP contribution in [-0.4, -0.2) is 10.9 Å². The van der Waals surface area contributed by atoms with Crippen LogP contribution in [0.25, 0.3) is 0 Å². The fraction of sp³-hybridized carbons (Fsp3) is 0.400. The lowest BCUT2D eigenvalue weighted by atomic mass is 10.3. The molecule has 0 fully saturated rings. The summed E-state index contributed by atoms with van der Waals surface area (Å²) in [4.78, 5) is 0. The van der Waals surface area contributed by atoms with Crippen LogP contribution in [0.4, 0.5) is 0 Å². The van der Waals surface area contributed by atoms with Gasteiger partial charge >= 0.3 is 0 Å². The molecular formula is C5H9NO. The topological polar surface area (TPSA) is 32.6 Å². The molecule has 0 unspecified atom stereocenters. The number of oxime groups is 1.